The second-order valence-electron chi connectivity index (χ2n) is 3.91. The molecular weight excluding hydrogens is 192 g/mol. The van der Waals surface area contributed by atoms with Crippen LogP contribution in [0.2, 0.25) is 0 Å². The summed E-state index contributed by atoms with van der Waals surface area (Å²) in [5, 5.41) is 0. The fourth-order valence-electron chi connectivity index (χ4n) is 1.29. The Kier molecular flexibility index (Phi) is 13.1. The Morgan fingerprint density at radius 2 is 1.12 bits per heavy atom. The zero-order valence-electron chi connectivity index (χ0n) is 10.9. The molecule has 0 saturated carbocycles. The van der Waals surface area contributed by atoms with Gasteiger partial charge in [-0.2, -0.15) is 0 Å². The average Bonchev–Trinajstić information content (AvgIpc) is 2.31. The largest absolute Gasteiger partial charge is 0.0845 e. The first-order chi connectivity index (χ1) is 7.91. The highest BCUT2D eigenvalue weighted by atomic mass is 13.9. The Bertz CT molecular complexity index is 228. The quantitative estimate of drug-likeness (QED) is 0.349. The number of unbranched alkanes of at least 4 members (excludes halogenated alkanes) is 4. The van der Waals surface area contributed by atoms with Gasteiger partial charge in [0.25, 0.3) is 0 Å². The lowest BCUT2D eigenvalue weighted by Crippen LogP contribution is -1.69. The van der Waals surface area contributed by atoms with Crippen molar-refractivity contribution in [1.82, 2.24) is 0 Å². The predicted octanol–water partition coefficient (Wildman–Crippen LogP) is 5.59. The Morgan fingerprint density at radius 3 is 1.69 bits per heavy atom. The maximum Gasteiger partial charge on any atom is -0.0348 e. The second-order valence-corrected chi connectivity index (χ2v) is 3.91. The molecular formula is C16H26. The van der Waals surface area contributed by atoms with E-state index in [4.69, 9.17) is 0 Å². The van der Waals surface area contributed by atoms with Crippen molar-refractivity contribution < 1.29 is 0 Å². The van der Waals surface area contributed by atoms with Crippen molar-refractivity contribution in [2.24, 2.45) is 0 Å². The molecule has 0 amide bonds. The third-order valence-corrected chi connectivity index (χ3v) is 2.26. The van der Waals surface area contributed by atoms with E-state index in [9.17, 15) is 0 Å². The van der Waals surface area contributed by atoms with Crippen LogP contribution in [0.15, 0.2) is 48.6 Å². The summed E-state index contributed by atoms with van der Waals surface area (Å²) < 4.78 is 0. The highest BCUT2D eigenvalue weighted by Crippen LogP contribution is 1.99. The van der Waals surface area contributed by atoms with Crippen LogP contribution in [0.5, 0.6) is 0 Å². The topological polar surface area (TPSA) is 0 Å². The van der Waals surface area contributed by atoms with E-state index in [2.05, 4.69) is 62.5 Å². The molecule has 0 aromatic carbocycles. The van der Waals surface area contributed by atoms with Gasteiger partial charge in [0.2, 0.25) is 0 Å². The van der Waals surface area contributed by atoms with Crippen molar-refractivity contribution in [3.63, 3.8) is 0 Å². The molecule has 16 heavy (non-hydrogen) atoms. The van der Waals surface area contributed by atoms with Crippen LogP contribution < -0.4 is 0 Å². The van der Waals surface area contributed by atoms with E-state index in [0.29, 0.717) is 0 Å². The SMILES string of the molecule is CCCC=CC=CC=CC=CCCCCC. The van der Waals surface area contributed by atoms with Gasteiger partial charge in [0.15, 0.2) is 0 Å². The molecule has 0 aliphatic heterocycles. The molecule has 0 nitrogen and oxygen atoms in total. The predicted molar refractivity (Wildman–Crippen MR) is 75.6 cm³/mol. The van der Waals surface area contributed by atoms with Gasteiger partial charge < -0.3 is 0 Å². The molecule has 0 aromatic rings. The second kappa shape index (κ2) is 14.0. The molecule has 0 aliphatic rings. The van der Waals surface area contributed by atoms with E-state index in [1.165, 1.54) is 38.5 Å². The Morgan fingerprint density at radius 1 is 0.562 bits per heavy atom. The van der Waals surface area contributed by atoms with Crippen molar-refractivity contribution in [1.29, 1.82) is 0 Å². The van der Waals surface area contributed by atoms with Gasteiger partial charge in [-0.3, -0.25) is 0 Å². The van der Waals surface area contributed by atoms with Gasteiger partial charge in [-0.05, 0) is 19.3 Å². The first-order valence-corrected chi connectivity index (χ1v) is 6.56. The molecule has 0 atom stereocenters. The zero-order valence-corrected chi connectivity index (χ0v) is 10.9. The summed E-state index contributed by atoms with van der Waals surface area (Å²) >= 11 is 0. The molecule has 0 saturated heterocycles. The molecule has 90 valence electrons. The summed E-state index contributed by atoms with van der Waals surface area (Å²) in [5.41, 5.74) is 0. The summed E-state index contributed by atoms with van der Waals surface area (Å²) in [5.74, 6) is 0. The van der Waals surface area contributed by atoms with Crippen LogP contribution in [-0.2, 0) is 0 Å². The minimum atomic E-state index is 1.17. The molecule has 0 N–H and O–H groups in total. The van der Waals surface area contributed by atoms with Crippen LogP contribution in [0.3, 0.4) is 0 Å². The normalized spacial score (nSPS) is 12.9. The van der Waals surface area contributed by atoms with Gasteiger partial charge >= 0.3 is 0 Å². The fraction of sp³-hybridized carbons (Fsp3) is 0.500. The molecule has 0 unspecified atom stereocenters. The number of rotatable bonds is 9. The number of hydrogen-bond acceptors (Lipinski definition) is 0. The fourth-order valence-corrected chi connectivity index (χ4v) is 1.29. The van der Waals surface area contributed by atoms with E-state index in [-0.39, 0.29) is 0 Å². The highest BCUT2D eigenvalue weighted by Gasteiger charge is 1.79. The van der Waals surface area contributed by atoms with Crippen LogP contribution in [0.1, 0.15) is 52.4 Å². The van der Waals surface area contributed by atoms with Crippen molar-refractivity contribution in [3.05, 3.63) is 48.6 Å². The van der Waals surface area contributed by atoms with Crippen LogP contribution >= 0.6 is 0 Å². The first kappa shape index (κ1) is 15.0. The van der Waals surface area contributed by atoms with Crippen molar-refractivity contribution in [3.8, 4) is 0 Å². The minimum absolute atomic E-state index is 1.17. The molecule has 0 bridgehead atoms. The average molecular weight is 218 g/mol. The molecule has 0 aliphatic carbocycles. The molecule has 0 spiro atoms. The van der Waals surface area contributed by atoms with Gasteiger partial charge in [0.05, 0.1) is 0 Å². The summed E-state index contributed by atoms with van der Waals surface area (Å²) in [4.78, 5) is 0. The maximum absolute atomic E-state index is 2.24. The summed E-state index contributed by atoms with van der Waals surface area (Å²) in [6.07, 6.45) is 24.6. The van der Waals surface area contributed by atoms with Gasteiger partial charge in [-0.25, -0.2) is 0 Å². The highest BCUT2D eigenvalue weighted by molar-refractivity contribution is 5.15. The van der Waals surface area contributed by atoms with E-state index >= 15 is 0 Å². The summed E-state index contributed by atoms with van der Waals surface area (Å²) in [7, 11) is 0. The standard InChI is InChI=1S/C16H26/c1-3-5-7-9-11-13-15-16-14-12-10-8-6-4-2/h7,9,11-16H,3-6,8,10H2,1-2H3. The minimum Gasteiger partial charge on any atom is -0.0845 e. The van der Waals surface area contributed by atoms with Gasteiger partial charge in [0, 0.05) is 0 Å². The van der Waals surface area contributed by atoms with Crippen LogP contribution in [-0.4, -0.2) is 0 Å². The van der Waals surface area contributed by atoms with Gasteiger partial charge in [-0.1, -0.05) is 81.7 Å². The Labute approximate surface area is 101 Å². The van der Waals surface area contributed by atoms with Crippen molar-refractivity contribution in [2.75, 3.05) is 0 Å². The third-order valence-electron chi connectivity index (χ3n) is 2.26. The third kappa shape index (κ3) is 13.0. The maximum atomic E-state index is 2.24. The molecule has 0 radical (unpaired) electrons. The molecule has 0 rings (SSSR count). The van der Waals surface area contributed by atoms with Crippen LogP contribution in [0.25, 0.3) is 0 Å². The smallest absolute Gasteiger partial charge is 0.0348 e. The van der Waals surface area contributed by atoms with Crippen LogP contribution in [0.4, 0.5) is 0 Å². The van der Waals surface area contributed by atoms with Crippen molar-refractivity contribution in [2.45, 2.75) is 52.4 Å². The van der Waals surface area contributed by atoms with Gasteiger partial charge in [0.1, 0.15) is 0 Å². The first-order valence-electron chi connectivity index (χ1n) is 6.56. The monoisotopic (exact) mass is 218 g/mol. The molecule has 0 heteroatoms. The zero-order chi connectivity index (χ0) is 11.9. The summed E-state index contributed by atoms with van der Waals surface area (Å²) in [6.45, 7) is 4.43. The van der Waals surface area contributed by atoms with Gasteiger partial charge in [-0.15, -0.1) is 0 Å². The Balaban J connectivity index is 3.45. The Hall–Kier alpha value is -1.04. The lowest BCUT2D eigenvalue weighted by molar-refractivity contribution is 0.729. The number of hydrogen-bond donors (Lipinski definition) is 0. The van der Waals surface area contributed by atoms with E-state index in [0.717, 1.165) is 0 Å². The molecule has 0 heterocycles. The molecule has 0 aromatic heterocycles. The number of allylic oxidation sites excluding steroid dienone is 8. The van der Waals surface area contributed by atoms with Crippen molar-refractivity contribution >= 4 is 0 Å². The van der Waals surface area contributed by atoms with E-state index < -0.39 is 0 Å². The van der Waals surface area contributed by atoms with Crippen LogP contribution in [0, 0.1) is 0 Å². The summed E-state index contributed by atoms with van der Waals surface area (Å²) in [6, 6.07) is 0. The van der Waals surface area contributed by atoms with E-state index in [1.54, 1.807) is 0 Å². The van der Waals surface area contributed by atoms with E-state index in [1.807, 2.05) is 0 Å². The lowest BCUT2D eigenvalue weighted by Gasteiger charge is -1.89. The molecule has 0 fully saturated rings. The lowest BCUT2D eigenvalue weighted by atomic mass is 10.2.